The van der Waals surface area contributed by atoms with Crippen LogP contribution >= 0.6 is 0 Å². The maximum atomic E-state index is 16.2. The summed E-state index contributed by atoms with van der Waals surface area (Å²) < 4.78 is 39.7. The first kappa shape index (κ1) is 38.1. The van der Waals surface area contributed by atoms with E-state index in [1.807, 2.05) is 51.1 Å². The number of halogens is 1. The van der Waals surface area contributed by atoms with Gasteiger partial charge in [0.1, 0.15) is 19.0 Å². The number of hydrogen-bond donors (Lipinski definition) is 0. The minimum Gasteiger partial charge on any atom is -0.484 e. The maximum absolute atomic E-state index is 16.2. The summed E-state index contributed by atoms with van der Waals surface area (Å²) in [4.78, 5) is 14.2. The van der Waals surface area contributed by atoms with Crippen LogP contribution in [-0.4, -0.2) is 74.2 Å². The summed E-state index contributed by atoms with van der Waals surface area (Å²) in [6.45, 7) is 16.6. The molecule has 0 aliphatic carbocycles. The average molecular weight is 677 g/mol. The fourth-order valence-electron chi connectivity index (χ4n) is 6.73. The van der Waals surface area contributed by atoms with E-state index in [4.69, 9.17) is 18.9 Å². The predicted molar refractivity (Wildman–Crippen MR) is 196 cm³/mol. The average Bonchev–Trinajstić information content (AvgIpc) is 3.83. The molecule has 2 saturated heterocycles. The molecule has 1 aromatic carbocycles. The Morgan fingerprint density at radius 3 is 2.33 bits per heavy atom. The normalized spacial score (nSPS) is 17.7. The number of rotatable bonds is 17. The Bertz CT molecular complexity index is 1490. The van der Waals surface area contributed by atoms with Crippen molar-refractivity contribution < 1.29 is 23.3 Å². The van der Waals surface area contributed by atoms with Crippen LogP contribution in [0.1, 0.15) is 89.8 Å². The third-order valence-electron chi connectivity index (χ3n) is 9.44. The molecule has 1 unspecified atom stereocenters. The number of benzene rings is 1. The summed E-state index contributed by atoms with van der Waals surface area (Å²) in [5.74, 6) is 1.95. The predicted octanol–water partition coefficient (Wildman–Crippen LogP) is 8.58. The third kappa shape index (κ3) is 10.6. The van der Waals surface area contributed by atoms with E-state index in [-0.39, 0.29) is 18.3 Å². The highest BCUT2D eigenvalue weighted by molar-refractivity contribution is 5.80. The SMILES string of the molecule is C/C=C(\N=C(\OC)C(C)CN1CCCC1)OCc1cccc(C(=C/C)/C(C)=C(\CCC)COc2ccc(CN3CCCC3)c(OC)n2)c1F. The zero-order valence-corrected chi connectivity index (χ0v) is 30.8. The molecule has 0 amide bonds. The third-order valence-corrected chi connectivity index (χ3v) is 9.44. The van der Waals surface area contributed by atoms with E-state index < -0.39 is 0 Å². The van der Waals surface area contributed by atoms with Crippen LogP contribution in [0.2, 0.25) is 0 Å². The lowest BCUT2D eigenvalue weighted by Crippen LogP contribution is -2.30. The zero-order chi connectivity index (χ0) is 35.2. The lowest BCUT2D eigenvalue weighted by molar-refractivity contribution is 0.189. The molecule has 1 aromatic heterocycles. The van der Waals surface area contributed by atoms with E-state index in [1.54, 1.807) is 26.4 Å². The van der Waals surface area contributed by atoms with Crippen LogP contribution in [0.3, 0.4) is 0 Å². The highest BCUT2D eigenvalue weighted by atomic mass is 19.1. The highest BCUT2D eigenvalue weighted by Gasteiger charge is 2.21. The van der Waals surface area contributed by atoms with Crippen molar-refractivity contribution in [2.75, 3.05) is 53.6 Å². The Morgan fingerprint density at radius 1 is 0.980 bits per heavy atom. The van der Waals surface area contributed by atoms with Crippen LogP contribution in [0.5, 0.6) is 11.8 Å². The molecule has 9 heteroatoms. The molecule has 2 aliphatic heterocycles. The maximum Gasteiger partial charge on any atom is 0.220 e. The van der Waals surface area contributed by atoms with E-state index in [0.717, 1.165) is 74.4 Å². The van der Waals surface area contributed by atoms with Gasteiger partial charge in [-0.15, -0.1) is 0 Å². The van der Waals surface area contributed by atoms with Gasteiger partial charge in [0.15, 0.2) is 5.90 Å². The highest BCUT2D eigenvalue weighted by Crippen LogP contribution is 2.32. The monoisotopic (exact) mass is 676 g/mol. The lowest BCUT2D eigenvalue weighted by atomic mass is 9.92. The van der Waals surface area contributed by atoms with Crippen LogP contribution in [0.15, 0.2) is 64.5 Å². The van der Waals surface area contributed by atoms with Gasteiger partial charge in [0.25, 0.3) is 0 Å². The molecule has 268 valence electrons. The fraction of sp³-hybridized carbons (Fsp3) is 0.550. The van der Waals surface area contributed by atoms with E-state index in [9.17, 15) is 0 Å². The smallest absolute Gasteiger partial charge is 0.220 e. The van der Waals surface area contributed by atoms with Crippen molar-refractivity contribution in [3.05, 3.63) is 82.0 Å². The van der Waals surface area contributed by atoms with Gasteiger partial charge < -0.3 is 23.8 Å². The Balaban J connectivity index is 1.47. The van der Waals surface area contributed by atoms with Gasteiger partial charge >= 0.3 is 0 Å². The molecule has 2 fully saturated rings. The molecule has 1 atom stereocenters. The fourth-order valence-corrected chi connectivity index (χ4v) is 6.73. The van der Waals surface area contributed by atoms with Gasteiger partial charge in [-0.3, -0.25) is 4.90 Å². The Morgan fingerprint density at radius 2 is 1.69 bits per heavy atom. The minimum absolute atomic E-state index is 0.0479. The Kier molecular flexibility index (Phi) is 15.2. The number of ether oxygens (including phenoxy) is 4. The lowest BCUT2D eigenvalue weighted by Gasteiger charge is -2.21. The number of allylic oxidation sites excluding steroid dienone is 4. The van der Waals surface area contributed by atoms with Gasteiger partial charge in [0.2, 0.25) is 17.6 Å². The summed E-state index contributed by atoms with van der Waals surface area (Å²) in [6.07, 6.45) is 10.4. The molecule has 0 saturated carbocycles. The van der Waals surface area contributed by atoms with Gasteiger partial charge in [0, 0.05) is 41.8 Å². The van der Waals surface area contributed by atoms with Crippen LogP contribution < -0.4 is 9.47 Å². The summed E-state index contributed by atoms with van der Waals surface area (Å²) >= 11 is 0. The molecule has 3 heterocycles. The van der Waals surface area contributed by atoms with E-state index in [2.05, 4.69) is 33.6 Å². The number of pyridine rings is 1. The molecule has 0 spiro atoms. The van der Waals surface area contributed by atoms with Gasteiger partial charge in [-0.25, -0.2) is 4.39 Å². The molecule has 2 aromatic rings. The van der Waals surface area contributed by atoms with Gasteiger partial charge in [0.05, 0.1) is 14.2 Å². The van der Waals surface area contributed by atoms with Crippen molar-refractivity contribution in [1.82, 2.24) is 14.8 Å². The molecule has 2 aliphatic rings. The van der Waals surface area contributed by atoms with Crippen molar-refractivity contribution in [2.24, 2.45) is 10.9 Å². The molecular weight excluding hydrogens is 619 g/mol. The number of methoxy groups -OCH3 is 2. The van der Waals surface area contributed by atoms with Gasteiger partial charge in [-0.1, -0.05) is 44.5 Å². The quantitative estimate of drug-likeness (QED) is 0.0720. The molecule has 4 rings (SSSR count). The number of likely N-dealkylation sites (tertiary alicyclic amines) is 2. The van der Waals surface area contributed by atoms with Crippen LogP contribution in [-0.2, 0) is 22.6 Å². The molecule has 0 bridgehead atoms. The summed E-state index contributed by atoms with van der Waals surface area (Å²) in [5, 5.41) is 0. The first-order chi connectivity index (χ1) is 23.8. The van der Waals surface area contributed by atoms with Crippen molar-refractivity contribution in [1.29, 1.82) is 0 Å². The van der Waals surface area contributed by atoms with E-state index in [1.165, 1.54) is 25.7 Å². The van der Waals surface area contributed by atoms with Gasteiger partial charge in [-0.2, -0.15) is 9.98 Å². The summed E-state index contributed by atoms with van der Waals surface area (Å²) in [7, 11) is 3.29. The Labute approximate surface area is 293 Å². The molecule has 0 N–H and O–H groups in total. The molecule has 0 radical (unpaired) electrons. The topological polar surface area (TPSA) is 68.7 Å². The second kappa shape index (κ2) is 19.5. The van der Waals surface area contributed by atoms with Crippen molar-refractivity contribution >= 4 is 11.5 Å². The van der Waals surface area contributed by atoms with Crippen LogP contribution in [0.4, 0.5) is 4.39 Å². The summed E-state index contributed by atoms with van der Waals surface area (Å²) in [6, 6.07) is 9.43. The largest absolute Gasteiger partial charge is 0.484 e. The zero-order valence-electron chi connectivity index (χ0n) is 30.8. The van der Waals surface area contributed by atoms with Crippen LogP contribution in [0.25, 0.3) is 5.57 Å². The standard InChI is InChI=1S/C40H57FN4O4/c1-8-16-32(27-49-37-20-19-31(40(43-37)47-7)26-45-23-13-14-24-45)30(5)34(9-2)35-18-15-17-33(38(35)41)28-48-36(10-3)42-39(46-6)29(4)25-44-21-11-12-22-44/h9-10,15,17-20,29H,8,11-14,16,21-28H2,1-7H3/b32-30+,34-9+,36-10+,42-39+. The number of aromatic nitrogens is 1. The van der Waals surface area contributed by atoms with E-state index in [0.29, 0.717) is 41.3 Å². The number of nitrogens with zero attached hydrogens (tertiary/aromatic N) is 4. The Hall–Kier alpha value is -3.69. The van der Waals surface area contributed by atoms with Gasteiger partial charge in [-0.05, 0) is 108 Å². The molecule has 49 heavy (non-hydrogen) atoms. The van der Waals surface area contributed by atoms with Crippen LogP contribution in [0, 0.1) is 11.7 Å². The molecule has 8 nitrogen and oxygen atoms in total. The van der Waals surface area contributed by atoms with Crippen molar-refractivity contribution in [3.8, 4) is 11.8 Å². The van der Waals surface area contributed by atoms with Crippen molar-refractivity contribution in [3.63, 3.8) is 0 Å². The van der Waals surface area contributed by atoms with E-state index >= 15 is 4.39 Å². The summed E-state index contributed by atoms with van der Waals surface area (Å²) in [5.41, 5.74) is 4.98. The first-order valence-electron chi connectivity index (χ1n) is 18.0. The number of hydrogen-bond acceptors (Lipinski definition) is 8. The molecular formula is C40H57FN4O4. The second-order valence-corrected chi connectivity index (χ2v) is 13.0. The van der Waals surface area contributed by atoms with Crippen molar-refractivity contribution in [2.45, 2.75) is 86.3 Å². The minimum atomic E-state index is -0.305. The first-order valence-corrected chi connectivity index (χ1v) is 18.0. The number of aliphatic imine (C=N–C) groups is 1. The second-order valence-electron chi connectivity index (χ2n) is 13.0.